The van der Waals surface area contributed by atoms with Crippen LogP contribution in [0, 0.1) is 11.8 Å². The first-order valence-electron chi connectivity index (χ1n) is 7.35. The normalized spacial score (nSPS) is 18.6. The molecule has 2 saturated carbocycles. The van der Waals surface area contributed by atoms with Crippen molar-refractivity contribution in [2.24, 2.45) is 11.8 Å². The minimum atomic E-state index is 0.606. The molecule has 0 radical (unpaired) electrons. The van der Waals surface area contributed by atoms with Gasteiger partial charge in [-0.05, 0) is 49.7 Å². The molecule has 0 aliphatic heterocycles. The lowest BCUT2D eigenvalue weighted by Gasteiger charge is -2.19. The van der Waals surface area contributed by atoms with Gasteiger partial charge in [0.05, 0.1) is 6.61 Å². The standard InChI is InChI=1S/C16H23NO2/c1-18-9-10-19-15-4-2-3-14(11-15)17-16(12-5-6-12)13-7-8-13/h2-4,11-13,16-17H,5-10H2,1H3. The highest BCUT2D eigenvalue weighted by Gasteiger charge is 2.41. The lowest BCUT2D eigenvalue weighted by Crippen LogP contribution is -2.24. The monoisotopic (exact) mass is 261 g/mol. The molecule has 3 rings (SSSR count). The molecule has 2 aliphatic carbocycles. The Morgan fingerprint density at radius 1 is 1.16 bits per heavy atom. The Kier molecular flexibility index (Phi) is 3.92. The Bertz CT molecular complexity index is 401. The third-order valence-electron chi connectivity index (χ3n) is 3.98. The van der Waals surface area contributed by atoms with E-state index in [0.29, 0.717) is 19.3 Å². The molecule has 0 saturated heterocycles. The van der Waals surface area contributed by atoms with Crippen molar-refractivity contribution in [1.29, 1.82) is 0 Å². The SMILES string of the molecule is COCCOc1cccc(NC(C2CC2)C2CC2)c1. The zero-order chi connectivity index (χ0) is 13.1. The minimum absolute atomic E-state index is 0.606. The maximum Gasteiger partial charge on any atom is 0.121 e. The van der Waals surface area contributed by atoms with Gasteiger partial charge in [0.15, 0.2) is 0 Å². The molecule has 2 fully saturated rings. The molecule has 1 aromatic rings. The molecule has 0 bridgehead atoms. The van der Waals surface area contributed by atoms with Crippen molar-refractivity contribution in [3.63, 3.8) is 0 Å². The first-order valence-corrected chi connectivity index (χ1v) is 7.35. The van der Waals surface area contributed by atoms with Crippen LogP contribution in [0.15, 0.2) is 24.3 Å². The van der Waals surface area contributed by atoms with Gasteiger partial charge in [-0.3, -0.25) is 0 Å². The summed E-state index contributed by atoms with van der Waals surface area (Å²) in [6.07, 6.45) is 5.60. The predicted octanol–water partition coefficient (Wildman–Crippen LogP) is 3.31. The van der Waals surface area contributed by atoms with Gasteiger partial charge in [0.1, 0.15) is 12.4 Å². The molecule has 3 nitrogen and oxygen atoms in total. The fraction of sp³-hybridized carbons (Fsp3) is 0.625. The quantitative estimate of drug-likeness (QED) is 0.728. The molecule has 3 heteroatoms. The van der Waals surface area contributed by atoms with Crippen LogP contribution in [0.4, 0.5) is 5.69 Å². The van der Waals surface area contributed by atoms with Crippen molar-refractivity contribution in [3.05, 3.63) is 24.3 Å². The Labute approximate surface area is 115 Å². The lowest BCUT2D eigenvalue weighted by molar-refractivity contribution is 0.146. The minimum Gasteiger partial charge on any atom is -0.491 e. The summed E-state index contributed by atoms with van der Waals surface area (Å²) in [4.78, 5) is 0. The van der Waals surface area contributed by atoms with Crippen LogP contribution in [0.3, 0.4) is 0 Å². The summed E-state index contributed by atoms with van der Waals surface area (Å²) < 4.78 is 10.7. The first-order chi connectivity index (χ1) is 9.36. The molecular weight excluding hydrogens is 238 g/mol. The molecule has 0 spiro atoms. The molecule has 0 aromatic heterocycles. The number of nitrogens with one attached hydrogen (secondary N) is 1. The summed E-state index contributed by atoms with van der Waals surface area (Å²) in [6.45, 7) is 1.24. The second kappa shape index (κ2) is 5.83. The number of hydrogen-bond donors (Lipinski definition) is 1. The van der Waals surface area contributed by atoms with Crippen LogP contribution in [-0.4, -0.2) is 26.4 Å². The number of ether oxygens (including phenoxy) is 2. The summed E-state index contributed by atoms with van der Waals surface area (Å²) in [5.41, 5.74) is 1.19. The molecule has 0 amide bonds. The van der Waals surface area contributed by atoms with E-state index in [2.05, 4.69) is 23.5 Å². The second-order valence-electron chi connectivity index (χ2n) is 5.71. The maximum atomic E-state index is 5.66. The molecule has 0 atom stereocenters. The van der Waals surface area contributed by atoms with Gasteiger partial charge < -0.3 is 14.8 Å². The van der Waals surface area contributed by atoms with Crippen LogP contribution in [0.1, 0.15) is 25.7 Å². The topological polar surface area (TPSA) is 30.5 Å². The van der Waals surface area contributed by atoms with Crippen LogP contribution in [0.2, 0.25) is 0 Å². The Hall–Kier alpha value is -1.22. The van der Waals surface area contributed by atoms with Gasteiger partial charge in [-0.2, -0.15) is 0 Å². The predicted molar refractivity (Wildman–Crippen MR) is 76.7 cm³/mol. The zero-order valence-electron chi connectivity index (χ0n) is 11.6. The smallest absolute Gasteiger partial charge is 0.121 e. The van der Waals surface area contributed by atoms with Crippen LogP contribution in [0.25, 0.3) is 0 Å². The van der Waals surface area contributed by atoms with E-state index in [9.17, 15) is 0 Å². The van der Waals surface area contributed by atoms with Crippen LogP contribution < -0.4 is 10.1 Å². The van der Waals surface area contributed by atoms with Crippen molar-refractivity contribution in [2.75, 3.05) is 25.6 Å². The van der Waals surface area contributed by atoms with E-state index >= 15 is 0 Å². The molecule has 104 valence electrons. The maximum absolute atomic E-state index is 5.66. The summed E-state index contributed by atoms with van der Waals surface area (Å²) in [6, 6.07) is 8.99. The fourth-order valence-electron chi connectivity index (χ4n) is 2.64. The zero-order valence-corrected chi connectivity index (χ0v) is 11.6. The van der Waals surface area contributed by atoms with Gasteiger partial charge in [-0.1, -0.05) is 6.07 Å². The van der Waals surface area contributed by atoms with Crippen molar-refractivity contribution in [1.82, 2.24) is 0 Å². The molecule has 19 heavy (non-hydrogen) atoms. The van der Waals surface area contributed by atoms with E-state index in [1.165, 1.54) is 31.4 Å². The van der Waals surface area contributed by atoms with E-state index in [-0.39, 0.29) is 0 Å². The average Bonchev–Trinajstić information content (AvgIpc) is 3.30. The molecule has 1 N–H and O–H groups in total. The molecule has 0 unspecified atom stereocenters. The summed E-state index contributed by atoms with van der Waals surface area (Å²) in [5, 5.41) is 3.72. The van der Waals surface area contributed by atoms with E-state index in [4.69, 9.17) is 9.47 Å². The first kappa shape index (κ1) is 12.8. The fourth-order valence-corrected chi connectivity index (χ4v) is 2.64. The molecular formula is C16H23NO2. The van der Waals surface area contributed by atoms with Crippen molar-refractivity contribution in [3.8, 4) is 5.75 Å². The summed E-state index contributed by atoms with van der Waals surface area (Å²) in [7, 11) is 1.69. The van der Waals surface area contributed by atoms with E-state index in [0.717, 1.165) is 17.6 Å². The second-order valence-corrected chi connectivity index (χ2v) is 5.71. The average molecular weight is 261 g/mol. The van der Waals surface area contributed by atoms with Crippen molar-refractivity contribution in [2.45, 2.75) is 31.7 Å². The van der Waals surface area contributed by atoms with Crippen LogP contribution >= 0.6 is 0 Å². The van der Waals surface area contributed by atoms with Gasteiger partial charge in [0.2, 0.25) is 0 Å². The third kappa shape index (κ3) is 3.63. The van der Waals surface area contributed by atoms with E-state index in [1.54, 1.807) is 7.11 Å². The van der Waals surface area contributed by atoms with Gasteiger partial charge in [-0.25, -0.2) is 0 Å². The van der Waals surface area contributed by atoms with Crippen LogP contribution in [-0.2, 0) is 4.74 Å². The highest BCUT2D eigenvalue weighted by atomic mass is 16.5. The van der Waals surface area contributed by atoms with Gasteiger partial charge in [0, 0.05) is 24.9 Å². The van der Waals surface area contributed by atoms with Gasteiger partial charge in [-0.15, -0.1) is 0 Å². The number of methoxy groups -OCH3 is 1. The number of anilines is 1. The Balaban J connectivity index is 1.58. The molecule has 2 aliphatic rings. The highest BCUT2D eigenvalue weighted by molar-refractivity contribution is 5.49. The highest BCUT2D eigenvalue weighted by Crippen LogP contribution is 2.45. The largest absolute Gasteiger partial charge is 0.491 e. The van der Waals surface area contributed by atoms with Gasteiger partial charge >= 0.3 is 0 Å². The molecule has 0 heterocycles. The molecule has 1 aromatic carbocycles. The van der Waals surface area contributed by atoms with Gasteiger partial charge in [0.25, 0.3) is 0 Å². The van der Waals surface area contributed by atoms with E-state index < -0.39 is 0 Å². The Morgan fingerprint density at radius 2 is 1.89 bits per heavy atom. The summed E-state index contributed by atoms with van der Waals surface area (Å²) in [5.74, 6) is 2.74. The lowest BCUT2D eigenvalue weighted by atomic mass is 10.1. The van der Waals surface area contributed by atoms with Crippen molar-refractivity contribution < 1.29 is 9.47 Å². The number of hydrogen-bond acceptors (Lipinski definition) is 3. The number of benzene rings is 1. The Morgan fingerprint density at radius 3 is 2.53 bits per heavy atom. The third-order valence-corrected chi connectivity index (χ3v) is 3.98. The van der Waals surface area contributed by atoms with Crippen LogP contribution in [0.5, 0.6) is 5.75 Å². The van der Waals surface area contributed by atoms with Crippen molar-refractivity contribution >= 4 is 5.69 Å². The number of rotatable bonds is 8. The summed E-state index contributed by atoms with van der Waals surface area (Å²) >= 11 is 0. The van der Waals surface area contributed by atoms with E-state index in [1.807, 2.05) is 6.07 Å².